The summed E-state index contributed by atoms with van der Waals surface area (Å²) in [7, 11) is 0. The van der Waals surface area contributed by atoms with Crippen molar-refractivity contribution in [1.82, 2.24) is 24.7 Å². The summed E-state index contributed by atoms with van der Waals surface area (Å²) in [6, 6.07) is 15.9. The van der Waals surface area contributed by atoms with E-state index in [-0.39, 0.29) is 0 Å². The molecule has 4 aromatic rings. The van der Waals surface area contributed by atoms with E-state index in [0.717, 1.165) is 39.8 Å². The van der Waals surface area contributed by atoms with Crippen LogP contribution in [0.15, 0.2) is 48.5 Å². The summed E-state index contributed by atoms with van der Waals surface area (Å²) < 4.78 is 1.85. The molecular formula is C17H15N5. The van der Waals surface area contributed by atoms with Gasteiger partial charge in [0.05, 0.1) is 16.7 Å². The molecule has 1 N–H and O–H groups in total. The van der Waals surface area contributed by atoms with Gasteiger partial charge >= 0.3 is 0 Å². The van der Waals surface area contributed by atoms with Gasteiger partial charge in [0.15, 0.2) is 11.6 Å². The number of aryl methyl sites for hydroxylation is 2. The molecule has 0 fully saturated rings. The number of H-pyrrole nitrogens is 1. The van der Waals surface area contributed by atoms with Gasteiger partial charge < -0.3 is 4.98 Å². The van der Waals surface area contributed by atoms with E-state index in [1.165, 1.54) is 0 Å². The van der Waals surface area contributed by atoms with E-state index in [2.05, 4.69) is 20.1 Å². The molecule has 0 aliphatic carbocycles. The first kappa shape index (κ1) is 12.8. The summed E-state index contributed by atoms with van der Waals surface area (Å²) in [5.74, 6) is 1.56. The Morgan fingerprint density at radius 3 is 2.59 bits per heavy atom. The zero-order chi connectivity index (χ0) is 15.1. The van der Waals surface area contributed by atoms with E-state index in [0.29, 0.717) is 0 Å². The second-order valence-corrected chi connectivity index (χ2v) is 5.32. The van der Waals surface area contributed by atoms with Crippen molar-refractivity contribution in [3.63, 3.8) is 0 Å². The largest absolute Gasteiger partial charge is 0.337 e. The Hall–Kier alpha value is -2.95. The minimum absolute atomic E-state index is 0.768. The maximum Gasteiger partial charge on any atom is 0.157 e. The highest BCUT2D eigenvalue weighted by Crippen LogP contribution is 2.20. The quantitative estimate of drug-likeness (QED) is 0.615. The lowest BCUT2D eigenvalue weighted by Crippen LogP contribution is -2.02. The summed E-state index contributed by atoms with van der Waals surface area (Å²) in [6.45, 7) is 4.00. The molecule has 108 valence electrons. The second kappa shape index (κ2) is 4.80. The van der Waals surface area contributed by atoms with Crippen molar-refractivity contribution in [1.29, 1.82) is 0 Å². The predicted molar refractivity (Wildman–Crippen MR) is 85.9 cm³/mol. The van der Waals surface area contributed by atoms with Gasteiger partial charge in [0.1, 0.15) is 5.69 Å². The number of aromatic nitrogens is 5. The van der Waals surface area contributed by atoms with Crippen LogP contribution >= 0.6 is 0 Å². The smallest absolute Gasteiger partial charge is 0.157 e. The molecule has 5 heteroatoms. The highest BCUT2D eigenvalue weighted by atomic mass is 15.3. The van der Waals surface area contributed by atoms with Crippen LogP contribution in [0.25, 0.3) is 28.4 Å². The van der Waals surface area contributed by atoms with E-state index in [1.807, 2.05) is 67.1 Å². The number of benzene rings is 1. The third-order valence-electron chi connectivity index (χ3n) is 3.59. The zero-order valence-electron chi connectivity index (χ0n) is 12.4. The molecular weight excluding hydrogens is 274 g/mol. The molecule has 4 rings (SSSR count). The van der Waals surface area contributed by atoms with Crippen LogP contribution in [0.4, 0.5) is 0 Å². The molecule has 3 aromatic heterocycles. The zero-order valence-corrected chi connectivity index (χ0v) is 12.4. The molecule has 3 heterocycles. The Bertz CT molecular complexity index is 931. The van der Waals surface area contributed by atoms with Crippen molar-refractivity contribution in [2.24, 2.45) is 0 Å². The van der Waals surface area contributed by atoms with Crippen LogP contribution in [0.1, 0.15) is 11.4 Å². The lowest BCUT2D eigenvalue weighted by molar-refractivity contribution is 0.806. The molecule has 0 saturated carbocycles. The fourth-order valence-corrected chi connectivity index (χ4v) is 2.61. The van der Waals surface area contributed by atoms with Crippen molar-refractivity contribution in [2.45, 2.75) is 13.8 Å². The first-order chi connectivity index (χ1) is 10.7. The van der Waals surface area contributed by atoms with E-state index in [1.54, 1.807) is 0 Å². The van der Waals surface area contributed by atoms with Gasteiger partial charge in [-0.2, -0.15) is 5.10 Å². The Morgan fingerprint density at radius 2 is 1.82 bits per heavy atom. The van der Waals surface area contributed by atoms with E-state index < -0.39 is 0 Å². The van der Waals surface area contributed by atoms with Crippen LogP contribution in [-0.4, -0.2) is 24.7 Å². The van der Waals surface area contributed by atoms with E-state index in [4.69, 9.17) is 0 Å². The van der Waals surface area contributed by atoms with Gasteiger partial charge in [0.2, 0.25) is 0 Å². The Labute approximate surface area is 127 Å². The van der Waals surface area contributed by atoms with E-state index >= 15 is 0 Å². The average molecular weight is 289 g/mol. The van der Waals surface area contributed by atoms with Crippen LogP contribution in [-0.2, 0) is 0 Å². The maximum absolute atomic E-state index is 4.69. The van der Waals surface area contributed by atoms with Crippen LogP contribution in [0.3, 0.4) is 0 Å². The standard InChI is InChI=1S/C17H15N5/c1-11-10-12(2)22(21-11)16-9-5-8-15(18-16)17-19-13-6-3-4-7-14(13)20-17/h3-10H,1-2H3,(H,19,20). The number of hydrogen-bond donors (Lipinski definition) is 1. The lowest BCUT2D eigenvalue weighted by Gasteiger charge is -2.04. The number of hydrogen-bond acceptors (Lipinski definition) is 3. The fraction of sp³-hybridized carbons (Fsp3) is 0.118. The van der Waals surface area contributed by atoms with Crippen molar-refractivity contribution in [3.05, 3.63) is 59.9 Å². The minimum atomic E-state index is 0.768. The van der Waals surface area contributed by atoms with Gasteiger partial charge in [0.25, 0.3) is 0 Å². The molecule has 0 aliphatic rings. The molecule has 0 saturated heterocycles. The van der Waals surface area contributed by atoms with Crippen molar-refractivity contribution in [3.8, 4) is 17.3 Å². The number of para-hydroxylation sites is 2. The summed E-state index contributed by atoms with van der Waals surface area (Å²) in [5.41, 5.74) is 4.80. The Morgan fingerprint density at radius 1 is 0.955 bits per heavy atom. The van der Waals surface area contributed by atoms with Crippen molar-refractivity contribution in [2.75, 3.05) is 0 Å². The molecule has 0 radical (unpaired) electrons. The number of nitrogens with zero attached hydrogens (tertiary/aromatic N) is 4. The van der Waals surface area contributed by atoms with Gasteiger partial charge in [-0.25, -0.2) is 14.6 Å². The highest BCUT2D eigenvalue weighted by molar-refractivity contribution is 5.78. The lowest BCUT2D eigenvalue weighted by atomic mass is 10.3. The molecule has 0 aliphatic heterocycles. The first-order valence-electron chi connectivity index (χ1n) is 7.16. The third-order valence-corrected chi connectivity index (χ3v) is 3.59. The fourth-order valence-electron chi connectivity index (χ4n) is 2.61. The van der Waals surface area contributed by atoms with Gasteiger partial charge in [0, 0.05) is 5.69 Å². The van der Waals surface area contributed by atoms with Gasteiger partial charge in [-0.05, 0) is 44.2 Å². The van der Waals surface area contributed by atoms with Crippen LogP contribution in [0.5, 0.6) is 0 Å². The molecule has 0 amide bonds. The van der Waals surface area contributed by atoms with Gasteiger partial charge in [-0.1, -0.05) is 18.2 Å². The summed E-state index contributed by atoms with van der Waals surface area (Å²) in [5, 5.41) is 4.48. The summed E-state index contributed by atoms with van der Waals surface area (Å²) >= 11 is 0. The third kappa shape index (κ3) is 2.07. The Balaban J connectivity index is 1.83. The van der Waals surface area contributed by atoms with Crippen LogP contribution in [0, 0.1) is 13.8 Å². The van der Waals surface area contributed by atoms with Gasteiger partial charge in [-0.15, -0.1) is 0 Å². The topological polar surface area (TPSA) is 59.4 Å². The highest BCUT2D eigenvalue weighted by Gasteiger charge is 2.09. The number of pyridine rings is 1. The molecule has 0 bridgehead atoms. The van der Waals surface area contributed by atoms with E-state index in [9.17, 15) is 0 Å². The monoisotopic (exact) mass is 289 g/mol. The number of aromatic amines is 1. The van der Waals surface area contributed by atoms with Crippen molar-refractivity contribution < 1.29 is 0 Å². The number of nitrogens with one attached hydrogen (secondary N) is 1. The minimum Gasteiger partial charge on any atom is -0.337 e. The molecule has 0 unspecified atom stereocenters. The normalized spacial score (nSPS) is 11.2. The summed E-state index contributed by atoms with van der Waals surface area (Å²) in [4.78, 5) is 12.6. The number of imidazole rings is 1. The first-order valence-corrected chi connectivity index (χ1v) is 7.16. The van der Waals surface area contributed by atoms with Gasteiger partial charge in [-0.3, -0.25) is 0 Å². The SMILES string of the molecule is Cc1cc(C)n(-c2cccc(-c3nc4ccccc4[nH]3)n2)n1. The summed E-state index contributed by atoms with van der Waals surface area (Å²) in [6.07, 6.45) is 0. The molecule has 0 atom stereocenters. The maximum atomic E-state index is 4.69. The molecule has 22 heavy (non-hydrogen) atoms. The number of fused-ring (bicyclic) bond motifs is 1. The predicted octanol–water partition coefficient (Wildman–Crippen LogP) is 3.43. The molecule has 0 spiro atoms. The second-order valence-electron chi connectivity index (χ2n) is 5.32. The molecule has 5 nitrogen and oxygen atoms in total. The Kier molecular flexibility index (Phi) is 2.79. The van der Waals surface area contributed by atoms with Crippen LogP contribution in [0.2, 0.25) is 0 Å². The number of rotatable bonds is 2. The van der Waals surface area contributed by atoms with Crippen molar-refractivity contribution >= 4 is 11.0 Å². The average Bonchev–Trinajstić information content (AvgIpc) is 3.10. The molecule has 1 aromatic carbocycles. The van der Waals surface area contributed by atoms with Crippen LogP contribution < -0.4 is 0 Å².